The standard InChI is InChI=1S/C12H23NO/c1-8-4-10(3)12-11(5-8)14-7-9(2)6-13-12/h8-13H,4-7H2,1-3H3. The lowest BCUT2D eigenvalue weighted by atomic mass is 9.78. The van der Waals surface area contributed by atoms with Crippen molar-refractivity contribution in [1.29, 1.82) is 0 Å². The lowest BCUT2D eigenvalue weighted by Gasteiger charge is -2.38. The van der Waals surface area contributed by atoms with Gasteiger partial charge < -0.3 is 10.1 Å². The van der Waals surface area contributed by atoms with E-state index in [0.717, 1.165) is 25.0 Å². The molecule has 1 aliphatic heterocycles. The highest BCUT2D eigenvalue weighted by molar-refractivity contribution is 4.90. The van der Waals surface area contributed by atoms with Gasteiger partial charge in [-0.25, -0.2) is 0 Å². The lowest BCUT2D eigenvalue weighted by molar-refractivity contribution is -0.0167. The number of rotatable bonds is 0. The smallest absolute Gasteiger partial charge is 0.0733 e. The van der Waals surface area contributed by atoms with E-state index in [1.54, 1.807) is 0 Å². The Morgan fingerprint density at radius 1 is 1.07 bits per heavy atom. The third-order valence-corrected chi connectivity index (χ3v) is 3.72. The summed E-state index contributed by atoms with van der Waals surface area (Å²) in [5, 5.41) is 3.68. The van der Waals surface area contributed by atoms with Crippen LogP contribution in [0.15, 0.2) is 0 Å². The van der Waals surface area contributed by atoms with Crippen LogP contribution in [0.5, 0.6) is 0 Å². The van der Waals surface area contributed by atoms with Gasteiger partial charge in [0.05, 0.1) is 12.7 Å². The average Bonchev–Trinajstić information content (AvgIpc) is 2.28. The Kier molecular flexibility index (Phi) is 3.13. The molecule has 0 amide bonds. The highest BCUT2D eigenvalue weighted by Gasteiger charge is 2.36. The van der Waals surface area contributed by atoms with Crippen LogP contribution in [-0.2, 0) is 4.74 Å². The van der Waals surface area contributed by atoms with Gasteiger partial charge in [-0.15, -0.1) is 0 Å². The molecule has 1 saturated carbocycles. The van der Waals surface area contributed by atoms with Gasteiger partial charge in [0.15, 0.2) is 0 Å². The van der Waals surface area contributed by atoms with Gasteiger partial charge in [0.25, 0.3) is 0 Å². The van der Waals surface area contributed by atoms with Gasteiger partial charge in [0.2, 0.25) is 0 Å². The Bertz CT molecular complexity index is 195. The van der Waals surface area contributed by atoms with Crippen LogP contribution in [0.4, 0.5) is 0 Å². The fraction of sp³-hybridized carbons (Fsp3) is 1.00. The first-order chi connectivity index (χ1) is 6.66. The van der Waals surface area contributed by atoms with Crippen molar-refractivity contribution in [2.45, 2.75) is 45.8 Å². The first-order valence-electron chi connectivity index (χ1n) is 6.01. The zero-order chi connectivity index (χ0) is 10.1. The number of hydrogen-bond acceptors (Lipinski definition) is 2. The molecule has 1 N–H and O–H groups in total. The predicted molar refractivity (Wildman–Crippen MR) is 58.3 cm³/mol. The number of ether oxygens (including phenoxy) is 1. The molecule has 2 nitrogen and oxygen atoms in total. The second kappa shape index (κ2) is 4.19. The van der Waals surface area contributed by atoms with E-state index in [4.69, 9.17) is 4.74 Å². The lowest BCUT2D eigenvalue weighted by Crippen LogP contribution is -2.48. The van der Waals surface area contributed by atoms with Gasteiger partial charge in [0.1, 0.15) is 0 Å². The quantitative estimate of drug-likeness (QED) is 0.641. The Balaban J connectivity index is 2.03. The fourth-order valence-electron chi connectivity index (χ4n) is 2.98. The molecule has 82 valence electrons. The van der Waals surface area contributed by atoms with Gasteiger partial charge in [0, 0.05) is 12.6 Å². The molecule has 2 rings (SSSR count). The van der Waals surface area contributed by atoms with E-state index in [0.29, 0.717) is 18.1 Å². The molecule has 2 fully saturated rings. The van der Waals surface area contributed by atoms with E-state index in [1.807, 2.05) is 0 Å². The maximum atomic E-state index is 6.00. The molecule has 2 aliphatic rings. The van der Waals surface area contributed by atoms with Gasteiger partial charge >= 0.3 is 0 Å². The minimum atomic E-state index is 0.471. The summed E-state index contributed by atoms with van der Waals surface area (Å²) in [7, 11) is 0. The summed E-state index contributed by atoms with van der Waals surface area (Å²) in [5.41, 5.74) is 0. The molecule has 2 heteroatoms. The van der Waals surface area contributed by atoms with Crippen LogP contribution < -0.4 is 5.32 Å². The van der Waals surface area contributed by atoms with E-state index in [-0.39, 0.29) is 0 Å². The van der Waals surface area contributed by atoms with E-state index >= 15 is 0 Å². The zero-order valence-corrected chi connectivity index (χ0v) is 9.62. The van der Waals surface area contributed by atoms with Crippen LogP contribution in [0.1, 0.15) is 33.6 Å². The molecule has 1 heterocycles. The zero-order valence-electron chi connectivity index (χ0n) is 9.62. The fourth-order valence-corrected chi connectivity index (χ4v) is 2.98. The van der Waals surface area contributed by atoms with Crippen molar-refractivity contribution in [2.24, 2.45) is 17.8 Å². The number of fused-ring (bicyclic) bond motifs is 1. The molecule has 0 spiro atoms. The summed E-state index contributed by atoms with van der Waals surface area (Å²) in [5.74, 6) is 2.28. The van der Waals surface area contributed by atoms with Crippen molar-refractivity contribution in [3.63, 3.8) is 0 Å². The molecule has 1 aliphatic carbocycles. The average molecular weight is 197 g/mol. The van der Waals surface area contributed by atoms with Crippen molar-refractivity contribution in [2.75, 3.05) is 13.2 Å². The van der Waals surface area contributed by atoms with Crippen molar-refractivity contribution >= 4 is 0 Å². The molecular weight excluding hydrogens is 174 g/mol. The maximum Gasteiger partial charge on any atom is 0.0733 e. The molecule has 0 aromatic rings. The summed E-state index contributed by atoms with van der Waals surface area (Å²) in [4.78, 5) is 0. The van der Waals surface area contributed by atoms with Crippen molar-refractivity contribution in [1.82, 2.24) is 5.32 Å². The number of hydrogen-bond donors (Lipinski definition) is 1. The summed E-state index contributed by atoms with van der Waals surface area (Å²) in [6, 6.07) is 0.608. The topological polar surface area (TPSA) is 21.3 Å². The normalized spacial score (nSPS) is 49.5. The molecular formula is C12H23NO. The van der Waals surface area contributed by atoms with Crippen LogP contribution in [-0.4, -0.2) is 25.3 Å². The summed E-state index contributed by atoms with van der Waals surface area (Å²) >= 11 is 0. The molecule has 5 atom stereocenters. The maximum absolute atomic E-state index is 6.00. The van der Waals surface area contributed by atoms with Crippen molar-refractivity contribution in [3.8, 4) is 0 Å². The molecule has 0 bridgehead atoms. The van der Waals surface area contributed by atoms with Crippen LogP contribution in [0.2, 0.25) is 0 Å². The molecule has 0 radical (unpaired) electrons. The molecule has 14 heavy (non-hydrogen) atoms. The largest absolute Gasteiger partial charge is 0.376 e. The van der Waals surface area contributed by atoms with Crippen LogP contribution in [0.3, 0.4) is 0 Å². The number of nitrogens with one attached hydrogen (secondary N) is 1. The Morgan fingerprint density at radius 3 is 2.64 bits per heavy atom. The first kappa shape index (κ1) is 10.4. The molecule has 0 aromatic heterocycles. The van der Waals surface area contributed by atoms with Crippen LogP contribution in [0.25, 0.3) is 0 Å². The predicted octanol–water partition coefficient (Wildman–Crippen LogP) is 2.05. The van der Waals surface area contributed by atoms with Gasteiger partial charge in [-0.2, -0.15) is 0 Å². The molecule has 1 saturated heterocycles. The van der Waals surface area contributed by atoms with Crippen molar-refractivity contribution in [3.05, 3.63) is 0 Å². The van der Waals surface area contributed by atoms with Crippen molar-refractivity contribution < 1.29 is 4.74 Å². The Labute approximate surface area is 87.4 Å². The summed E-state index contributed by atoms with van der Waals surface area (Å²) in [6.45, 7) is 9.04. The van der Waals surface area contributed by atoms with Gasteiger partial charge in [-0.3, -0.25) is 0 Å². The monoisotopic (exact) mass is 197 g/mol. The van der Waals surface area contributed by atoms with E-state index < -0.39 is 0 Å². The molecule has 5 unspecified atom stereocenters. The van der Waals surface area contributed by atoms with Gasteiger partial charge in [-0.1, -0.05) is 20.8 Å². The van der Waals surface area contributed by atoms with Crippen LogP contribution >= 0.6 is 0 Å². The summed E-state index contributed by atoms with van der Waals surface area (Å²) < 4.78 is 6.00. The Hall–Kier alpha value is -0.0800. The van der Waals surface area contributed by atoms with E-state index in [2.05, 4.69) is 26.1 Å². The SMILES string of the molecule is CC1CNC2C(C)CC(C)CC2OC1. The second-order valence-electron chi connectivity index (χ2n) is 5.46. The third-order valence-electron chi connectivity index (χ3n) is 3.72. The molecule has 0 aromatic carbocycles. The minimum absolute atomic E-state index is 0.471. The van der Waals surface area contributed by atoms with E-state index in [9.17, 15) is 0 Å². The summed E-state index contributed by atoms with van der Waals surface area (Å²) in [6.07, 6.45) is 3.07. The highest BCUT2D eigenvalue weighted by Crippen LogP contribution is 2.32. The highest BCUT2D eigenvalue weighted by atomic mass is 16.5. The van der Waals surface area contributed by atoms with Gasteiger partial charge in [-0.05, 0) is 30.6 Å². The Morgan fingerprint density at radius 2 is 1.86 bits per heavy atom. The second-order valence-corrected chi connectivity index (χ2v) is 5.46. The third kappa shape index (κ3) is 2.12. The first-order valence-corrected chi connectivity index (χ1v) is 6.01. The minimum Gasteiger partial charge on any atom is -0.376 e. The van der Waals surface area contributed by atoms with Crippen LogP contribution in [0, 0.1) is 17.8 Å². The van der Waals surface area contributed by atoms with E-state index in [1.165, 1.54) is 12.8 Å².